The van der Waals surface area contributed by atoms with E-state index in [-0.39, 0.29) is 5.69 Å². The van der Waals surface area contributed by atoms with Crippen LogP contribution in [0.3, 0.4) is 0 Å². The van der Waals surface area contributed by atoms with Gasteiger partial charge >= 0.3 is 5.69 Å². The van der Waals surface area contributed by atoms with Gasteiger partial charge in [-0.15, -0.1) is 0 Å². The van der Waals surface area contributed by atoms with Gasteiger partial charge in [0, 0.05) is 6.20 Å². The Kier molecular flexibility index (Phi) is 3.38. The van der Waals surface area contributed by atoms with Crippen LogP contribution in [0.1, 0.15) is 17.7 Å². The van der Waals surface area contributed by atoms with Crippen LogP contribution >= 0.6 is 0 Å². The average molecular weight is 267 g/mol. The number of rotatable bonds is 3. The maximum absolute atomic E-state index is 12.5. The zero-order valence-corrected chi connectivity index (χ0v) is 9.24. The number of nitrogens with two attached hydrogens (primary N) is 1. The van der Waals surface area contributed by atoms with Crippen LogP contribution < -0.4 is 5.14 Å². The predicted octanol–water partition coefficient (Wildman–Crippen LogP) is 0.883. The molecule has 0 amide bonds. The first-order valence-electron chi connectivity index (χ1n) is 4.11. The molecule has 0 aliphatic carbocycles. The van der Waals surface area contributed by atoms with Crippen molar-refractivity contribution in [2.24, 2.45) is 5.14 Å². The number of aryl methyl sites for hydroxylation is 1. The molecule has 1 aromatic heterocycles. The van der Waals surface area contributed by atoms with Gasteiger partial charge in [-0.1, -0.05) is 0 Å². The highest BCUT2D eigenvalue weighted by atomic mass is 32.2. The minimum absolute atomic E-state index is 0.302. The van der Waals surface area contributed by atoms with E-state index in [1.54, 1.807) is 0 Å². The van der Waals surface area contributed by atoms with E-state index in [0.29, 0.717) is 6.20 Å². The molecule has 17 heavy (non-hydrogen) atoms. The summed E-state index contributed by atoms with van der Waals surface area (Å²) in [6, 6.07) is 0. The van der Waals surface area contributed by atoms with E-state index in [9.17, 15) is 27.3 Å². The lowest BCUT2D eigenvalue weighted by Gasteiger charge is -2.07. The van der Waals surface area contributed by atoms with Crippen molar-refractivity contribution in [2.45, 2.75) is 18.2 Å². The van der Waals surface area contributed by atoms with E-state index in [1.165, 1.54) is 0 Å². The Morgan fingerprint density at radius 2 is 2.06 bits per heavy atom. The second kappa shape index (κ2) is 4.30. The first kappa shape index (κ1) is 13.4. The van der Waals surface area contributed by atoms with Crippen LogP contribution in [0.2, 0.25) is 0 Å². The fourth-order valence-electron chi connectivity index (χ4n) is 1.28. The zero-order valence-electron chi connectivity index (χ0n) is 8.42. The summed E-state index contributed by atoms with van der Waals surface area (Å²) in [6.45, 7) is 1.13. The number of alkyl halides is 2. The standard InChI is InChI=1S/C7H7F2N3O4S/c1-3-6(17(10,15)16)5(12(13)14)4(2-11-3)7(8)9/h2,7H,1H3,(H2,10,15,16). The molecule has 0 fully saturated rings. The van der Waals surface area contributed by atoms with Crippen molar-refractivity contribution in [3.05, 3.63) is 27.6 Å². The van der Waals surface area contributed by atoms with E-state index in [1.807, 2.05) is 0 Å². The molecular weight excluding hydrogens is 260 g/mol. The number of hydrogen-bond acceptors (Lipinski definition) is 5. The number of nitrogens with zero attached hydrogens (tertiary/aromatic N) is 2. The Hall–Kier alpha value is -1.68. The normalized spacial score (nSPS) is 11.8. The van der Waals surface area contributed by atoms with Crippen molar-refractivity contribution in [1.29, 1.82) is 0 Å². The number of sulfonamides is 1. The summed E-state index contributed by atoms with van der Waals surface area (Å²) < 4.78 is 47.3. The molecule has 0 aromatic carbocycles. The molecule has 10 heteroatoms. The van der Waals surface area contributed by atoms with Crippen molar-refractivity contribution in [2.75, 3.05) is 0 Å². The maximum atomic E-state index is 12.5. The van der Waals surface area contributed by atoms with Crippen molar-refractivity contribution >= 4 is 15.7 Å². The summed E-state index contributed by atoms with van der Waals surface area (Å²) >= 11 is 0. The number of primary sulfonamides is 1. The maximum Gasteiger partial charge on any atom is 0.301 e. The Morgan fingerprint density at radius 3 is 2.41 bits per heavy atom. The molecule has 0 bridgehead atoms. The third-order valence-corrected chi connectivity index (χ3v) is 2.97. The molecule has 1 heterocycles. The summed E-state index contributed by atoms with van der Waals surface area (Å²) in [4.78, 5) is 11.8. The molecule has 1 aromatic rings. The van der Waals surface area contributed by atoms with E-state index in [0.717, 1.165) is 6.92 Å². The van der Waals surface area contributed by atoms with E-state index in [4.69, 9.17) is 5.14 Å². The van der Waals surface area contributed by atoms with E-state index >= 15 is 0 Å². The SMILES string of the molecule is Cc1ncc(C(F)F)c([N+](=O)[O-])c1S(N)(=O)=O. The molecule has 0 radical (unpaired) electrons. The predicted molar refractivity (Wildman–Crippen MR) is 52.0 cm³/mol. The second-order valence-corrected chi connectivity index (χ2v) is 4.58. The van der Waals surface area contributed by atoms with Crippen molar-refractivity contribution in [1.82, 2.24) is 4.98 Å². The number of nitro groups is 1. The highest BCUT2D eigenvalue weighted by Crippen LogP contribution is 2.34. The lowest BCUT2D eigenvalue weighted by atomic mass is 10.2. The molecule has 1 rings (SSSR count). The lowest BCUT2D eigenvalue weighted by molar-refractivity contribution is -0.389. The van der Waals surface area contributed by atoms with E-state index in [2.05, 4.69) is 4.98 Å². The summed E-state index contributed by atoms with van der Waals surface area (Å²) in [5, 5.41) is 15.4. The monoisotopic (exact) mass is 267 g/mol. The van der Waals surface area contributed by atoms with E-state index < -0.39 is 37.5 Å². The Balaban J connectivity index is 3.80. The third-order valence-electron chi connectivity index (χ3n) is 1.92. The number of halogens is 2. The molecule has 0 saturated heterocycles. The molecule has 0 atom stereocenters. The molecule has 94 valence electrons. The molecule has 0 aliphatic heterocycles. The van der Waals surface area contributed by atoms with Crippen LogP contribution in [0.15, 0.2) is 11.1 Å². The lowest BCUT2D eigenvalue weighted by Crippen LogP contribution is -2.18. The molecule has 2 N–H and O–H groups in total. The molecule has 0 aliphatic rings. The number of pyridine rings is 1. The largest absolute Gasteiger partial charge is 0.301 e. The number of aromatic nitrogens is 1. The van der Waals surface area contributed by atoms with Gasteiger partial charge in [0.05, 0.1) is 10.6 Å². The summed E-state index contributed by atoms with van der Waals surface area (Å²) in [6.07, 6.45) is -2.66. The van der Waals surface area contributed by atoms with Gasteiger partial charge in [0.2, 0.25) is 10.0 Å². The Labute approximate surface area is 94.5 Å². The molecule has 0 saturated carbocycles. The summed E-state index contributed by atoms with van der Waals surface area (Å²) in [7, 11) is -4.50. The second-order valence-electron chi connectivity index (χ2n) is 3.08. The Morgan fingerprint density at radius 1 is 1.53 bits per heavy atom. The third kappa shape index (κ3) is 2.53. The van der Waals surface area contributed by atoms with Gasteiger partial charge < -0.3 is 0 Å². The highest BCUT2D eigenvalue weighted by Gasteiger charge is 2.33. The highest BCUT2D eigenvalue weighted by molar-refractivity contribution is 7.89. The first-order valence-corrected chi connectivity index (χ1v) is 5.65. The first-order chi connectivity index (χ1) is 7.66. The fourth-order valence-corrected chi connectivity index (χ4v) is 2.20. The van der Waals surface area contributed by atoms with Crippen LogP contribution in [0.25, 0.3) is 0 Å². The average Bonchev–Trinajstić information content (AvgIpc) is 2.14. The molecule has 0 spiro atoms. The van der Waals surface area contributed by atoms with Crippen LogP contribution in [-0.4, -0.2) is 18.3 Å². The molecular formula is C7H7F2N3O4S. The molecule has 0 unspecified atom stereocenters. The minimum Gasteiger partial charge on any atom is -0.259 e. The molecule has 7 nitrogen and oxygen atoms in total. The summed E-state index contributed by atoms with van der Waals surface area (Å²) in [5.41, 5.74) is -2.61. The fraction of sp³-hybridized carbons (Fsp3) is 0.286. The van der Waals surface area contributed by atoms with Crippen LogP contribution in [0.5, 0.6) is 0 Å². The van der Waals surface area contributed by atoms with Gasteiger partial charge in [-0.05, 0) is 6.92 Å². The summed E-state index contributed by atoms with van der Waals surface area (Å²) in [5.74, 6) is 0. The van der Waals surface area contributed by atoms with Crippen LogP contribution in [0, 0.1) is 17.0 Å². The van der Waals surface area contributed by atoms with Gasteiger partial charge in [-0.3, -0.25) is 15.1 Å². The van der Waals surface area contributed by atoms with Crippen molar-refractivity contribution in [3.63, 3.8) is 0 Å². The van der Waals surface area contributed by atoms with Gasteiger partial charge in [0.25, 0.3) is 6.43 Å². The van der Waals surface area contributed by atoms with Gasteiger partial charge in [0.15, 0.2) is 4.90 Å². The van der Waals surface area contributed by atoms with Gasteiger partial charge in [-0.2, -0.15) is 0 Å². The Bertz CT molecular complexity index is 573. The quantitative estimate of drug-likeness (QED) is 0.644. The topological polar surface area (TPSA) is 116 Å². The number of hydrogen-bond donors (Lipinski definition) is 1. The van der Waals surface area contributed by atoms with Gasteiger partial charge in [0.1, 0.15) is 5.56 Å². The van der Waals surface area contributed by atoms with Crippen molar-refractivity contribution < 1.29 is 22.1 Å². The minimum atomic E-state index is -4.50. The van der Waals surface area contributed by atoms with Crippen LogP contribution in [0.4, 0.5) is 14.5 Å². The van der Waals surface area contributed by atoms with Gasteiger partial charge in [-0.25, -0.2) is 22.3 Å². The zero-order chi connectivity index (χ0) is 13.4. The smallest absolute Gasteiger partial charge is 0.259 e. The van der Waals surface area contributed by atoms with Crippen molar-refractivity contribution in [3.8, 4) is 0 Å². The van der Waals surface area contributed by atoms with Crippen LogP contribution in [-0.2, 0) is 10.0 Å².